The Morgan fingerprint density at radius 2 is 1.58 bits per heavy atom. The third-order valence-electron chi connectivity index (χ3n) is 4.85. The van der Waals surface area contributed by atoms with Crippen LogP contribution in [0.1, 0.15) is 37.6 Å². The number of benzene rings is 2. The molecule has 1 aromatic heterocycles. The van der Waals surface area contributed by atoms with Crippen LogP contribution in [0.2, 0.25) is 0 Å². The lowest BCUT2D eigenvalue weighted by Gasteiger charge is -2.15. The van der Waals surface area contributed by atoms with Gasteiger partial charge in [0.15, 0.2) is 11.5 Å². The van der Waals surface area contributed by atoms with E-state index in [1.54, 1.807) is 20.8 Å². The molecule has 4 N–H and O–H groups in total. The van der Waals surface area contributed by atoms with Gasteiger partial charge in [-0.2, -0.15) is 37.6 Å². The third kappa shape index (κ3) is 5.24. The van der Waals surface area contributed by atoms with E-state index in [-0.39, 0.29) is 34.0 Å². The second kappa shape index (κ2) is 9.14. The lowest BCUT2D eigenvalue weighted by atomic mass is 9.91. The van der Waals surface area contributed by atoms with Crippen LogP contribution in [-0.2, 0) is 25.7 Å². The van der Waals surface area contributed by atoms with Crippen molar-refractivity contribution in [1.82, 2.24) is 9.78 Å². The normalized spacial score (nSPS) is 12.4. The largest absolute Gasteiger partial charge is 0.382 e. The number of nitrogens with zero attached hydrogens (tertiary/aromatic N) is 6. The molecule has 0 unspecified atom stereocenters. The molecule has 3 aromatic rings. The zero-order chi connectivity index (χ0) is 27.1. The van der Waals surface area contributed by atoms with Gasteiger partial charge in [-0.1, -0.05) is 20.8 Å². The maximum absolute atomic E-state index is 12.0. The summed E-state index contributed by atoms with van der Waals surface area (Å²) in [7, 11) is -9.62. The maximum Gasteiger partial charge on any atom is 0.296 e. The summed E-state index contributed by atoms with van der Waals surface area (Å²) < 4.78 is 67.3. The third-order valence-corrected chi connectivity index (χ3v) is 6.60. The summed E-state index contributed by atoms with van der Waals surface area (Å²) in [5, 5.41) is 30.8. The minimum Gasteiger partial charge on any atom is -0.382 e. The highest BCUT2D eigenvalue weighted by Gasteiger charge is 2.29. The van der Waals surface area contributed by atoms with Gasteiger partial charge in [-0.3, -0.25) is 9.11 Å². The van der Waals surface area contributed by atoms with Gasteiger partial charge >= 0.3 is 0 Å². The minimum atomic E-state index is -4.87. The summed E-state index contributed by atoms with van der Waals surface area (Å²) in [6.45, 7) is 5.27. The van der Waals surface area contributed by atoms with E-state index in [4.69, 9.17) is 11.0 Å². The molecule has 1 heterocycles. The van der Waals surface area contributed by atoms with Crippen LogP contribution in [0.3, 0.4) is 0 Å². The summed E-state index contributed by atoms with van der Waals surface area (Å²) in [5.41, 5.74) is 5.72. The van der Waals surface area contributed by atoms with Crippen molar-refractivity contribution >= 4 is 37.4 Å². The molecule has 0 saturated carbocycles. The van der Waals surface area contributed by atoms with Gasteiger partial charge in [-0.25, -0.2) is 4.68 Å². The second-order valence-electron chi connectivity index (χ2n) is 8.48. The average molecular weight is 530 g/mol. The van der Waals surface area contributed by atoms with Crippen molar-refractivity contribution in [3.63, 3.8) is 0 Å². The van der Waals surface area contributed by atoms with Crippen LogP contribution >= 0.6 is 0 Å². The monoisotopic (exact) mass is 529 g/mol. The van der Waals surface area contributed by atoms with Crippen LogP contribution in [0, 0.1) is 22.7 Å². The quantitative estimate of drug-likeness (QED) is 0.322. The van der Waals surface area contributed by atoms with E-state index in [2.05, 4.69) is 15.3 Å². The first-order valence-corrected chi connectivity index (χ1v) is 12.8. The van der Waals surface area contributed by atoms with E-state index < -0.39 is 41.1 Å². The second-order valence-corrected chi connectivity index (χ2v) is 11.3. The molecule has 0 fully saturated rings. The standard InChI is InChI=1S/C21H19N7O6S2/c1-21(2,3)19-18(26-25-14-5-4-12(10-22)13(8-14)11-23)20(24)28(27-19)16-9-15(35(29,30)31)6-7-17(16)36(32,33)34/h4-9H,24H2,1-3H3,(H,29,30,31)(H,32,33,34). The van der Waals surface area contributed by atoms with E-state index in [1.165, 1.54) is 18.2 Å². The van der Waals surface area contributed by atoms with Gasteiger partial charge in [-0.15, -0.1) is 5.11 Å². The fourth-order valence-electron chi connectivity index (χ4n) is 3.14. The van der Waals surface area contributed by atoms with Gasteiger partial charge < -0.3 is 5.73 Å². The zero-order valence-corrected chi connectivity index (χ0v) is 20.7. The topological polar surface area (TPSA) is 225 Å². The summed E-state index contributed by atoms with van der Waals surface area (Å²) in [6.07, 6.45) is 0. The molecule has 0 aliphatic rings. The summed E-state index contributed by atoms with van der Waals surface area (Å²) >= 11 is 0. The van der Waals surface area contributed by atoms with Crippen molar-refractivity contribution in [1.29, 1.82) is 10.5 Å². The molecule has 0 saturated heterocycles. The van der Waals surface area contributed by atoms with Crippen LogP contribution in [0.4, 0.5) is 17.2 Å². The molecular weight excluding hydrogens is 510 g/mol. The summed E-state index contributed by atoms with van der Waals surface area (Å²) in [4.78, 5) is -1.39. The Hall–Kier alpha value is -4.15. The van der Waals surface area contributed by atoms with Gasteiger partial charge in [-0.05, 0) is 36.4 Å². The number of hydrogen-bond donors (Lipinski definition) is 3. The zero-order valence-electron chi connectivity index (χ0n) is 19.1. The Balaban J connectivity index is 2.29. The minimum absolute atomic E-state index is 0.00362. The number of hydrogen-bond acceptors (Lipinski definition) is 10. The predicted octanol–water partition coefficient (Wildman–Crippen LogP) is 3.40. The molecule has 36 heavy (non-hydrogen) atoms. The lowest BCUT2D eigenvalue weighted by Crippen LogP contribution is -2.14. The van der Waals surface area contributed by atoms with Crippen molar-refractivity contribution in [2.75, 3.05) is 5.73 Å². The molecule has 3 rings (SSSR count). The van der Waals surface area contributed by atoms with E-state index in [0.29, 0.717) is 0 Å². The first kappa shape index (κ1) is 26.5. The molecule has 0 amide bonds. The van der Waals surface area contributed by atoms with Crippen LogP contribution in [0.15, 0.2) is 56.4 Å². The van der Waals surface area contributed by atoms with E-state index >= 15 is 0 Å². The molecule has 0 bridgehead atoms. The van der Waals surface area contributed by atoms with Gasteiger partial charge in [0.1, 0.15) is 17.0 Å². The molecule has 0 radical (unpaired) electrons. The van der Waals surface area contributed by atoms with Crippen LogP contribution in [0.5, 0.6) is 0 Å². The van der Waals surface area contributed by atoms with Crippen molar-refractivity contribution in [2.24, 2.45) is 10.2 Å². The SMILES string of the molecule is CC(C)(C)c1nn(-c2cc(S(=O)(=O)O)ccc2S(=O)(=O)O)c(N)c1N=Nc1ccc(C#N)c(C#N)c1. The van der Waals surface area contributed by atoms with E-state index in [0.717, 1.165) is 22.9 Å². The van der Waals surface area contributed by atoms with Gasteiger partial charge in [0, 0.05) is 5.41 Å². The fourth-order valence-corrected chi connectivity index (χ4v) is 4.29. The Morgan fingerprint density at radius 3 is 2.11 bits per heavy atom. The Bertz CT molecular complexity index is 1700. The highest BCUT2D eigenvalue weighted by molar-refractivity contribution is 7.86. The molecule has 0 aliphatic heterocycles. The number of nitrogen functional groups attached to an aromatic ring is 1. The molecule has 0 aliphatic carbocycles. The van der Waals surface area contributed by atoms with Crippen LogP contribution in [0.25, 0.3) is 5.69 Å². The van der Waals surface area contributed by atoms with E-state index in [9.17, 15) is 31.2 Å². The molecular formula is C21H19N7O6S2. The Kier molecular flexibility index (Phi) is 6.71. The Labute approximate surface area is 206 Å². The van der Waals surface area contributed by atoms with Gasteiger partial charge in [0.2, 0.25) is 0 Å². The van der Waals surface area contributed by atoms with Crippen molar-refractivity contribution in [2.45, 2.75) is 36.0 Å². The first-order chi connectivity index (χ1) is 16.6. The highest BCUT2D eigenvalue weighted by Crippen LogP contribution is 2.39. The maximum atomic E-state index is 12.0. The number of anilines is 1. The number of nitrogens with two attached hydrogens (primary N) is 1. The highest BCUT2D eigenvalue weighted by atomic mass is 32.2. The number of aromatic nitrogens is 2. The molecule has 0 spiro atoms. The predicted molar refractivity (Wildman–Crippen MR) is 126 cm³/mol. The lowest BCUT2D eigenvalue weighted by molar-refractivity contribution is 0.477. The van der Waals surface area contributed by atoms with Crippen molar-refractivity contribution in [3.8, 4) is 17.8 Å². The smallest absolute Gasteiger partial charge is 0.296 e. The fraction of sp³-hybridized carbons (Fsp3) is 0.190. The molecule has 13 nitrogen and oxygen atoms in total. The van der Waals surface area contributed by atoms with Crippen molar-refractivity contribution < 1.29 is 25.9 Å². The van der Waals surface area contributed by atoms with E-state index in [1.807, 2.05) is 12.1 Å². The number of rotatable bonds is 5. The van der Waals surface area contributed by atoms with Crippen LogP contribution < -0.4 is 5.73 Å². The molecule has 0 atom stereocenters. The molecule has 186 valence electrons. The van der Waals surface area contributed by atoms with Crippen molar-refractivity contribution in [3.05, 3.63) is 53.2 Å². The number of nitriles is 2. The first-order valence-electron chi connectivity index (χ1n) is 9.92. The van der Waals surface area contributed by atoms with Gasteiger partial charge in [0.25, 0.3) is 20.2 Å². The number of azo groups is 1. The van der Waals surface area contributed by atoms with Crippen LogP contribution in [-0.4, -0.2) is 35.7 Å². The summed E-state index contributed by atoms with van der Waals surface area (Å²) in [5.74, 6) is -0.254. The average Bonchev–Trinajstić information content (AvgIpc) is 3.12. The molecule has 15 heteroatoms. The van der Waals surface area contributed by atoms with Gasteiger partial charge in [0.05, 0.1) is 33.1 Å². The molecule has 2 aromatic carbocycles. The Morgan fingerprint density at radius 1 is 0.944 bits per heavy atom. The summed E-state index contributed by atoms with van der Waals surface area (Å²) in [6, 6.07) is 10.3.